The summed E-state index contributed by atoms with van der Waals surface area (Å²) in [6.07, 6.45) is 0.850. The number of benzene rings is 1. The molecule has 80 valence electrons. The van der Waals surface area contributed by atoms with E-state index in [2.05, 4.69) is 35.8 Å². The quantitative estimate of drug-likeness (QED) is 0.835. The number of anilines is 1. The van der Waals surface area contributed by atoms with Gasteiger partial charge in [0.25, 0.3) is 0 Å². The second-order valence-corrected chi connectivity index (χ2v) is 4.99. The fourth-order valence-electron chi connectivity index (χ4n) is 1.55. The van der Waals surface area contributed by atoms with Gasteiger partial charge in [0.05, 0.1) is 11.6 Å². The second-order valence-electron chi connectivity index (χ2n) is 4.13. The molecular weight excluding hydrogens is 252 g/mol. The Bertz CT molecular complexity index is 417. The smallest absolute Gasteiger partial charge is 0.0995 e. The van der Waals surface area contributed by atoms with Gasteiger partial charge < -0.3 is 5.73 Å². The Balaban J connectivity index is 3.35. The van der Waals surface area contributed by atoms with E-state index >= 15 is 0 Å². The molecule has 1 aromatic rings. The van der Waals surface area contributed by atoms with Crippen LogP contribution in [0.5, 0.6) is 0 Å². The lowest BCUT2D eigenvalue weighted by Crippen LogP contribution is -2.05. The molecule has 0 saturated heterocycles. The number of rotatable bonds is 2. The molecule has 0 bridgehead atoms. The summed E-state index contributed by atoms with van der Waals surface area (Å²) in [5.74, 6) is 0.500. The average Bonchev–Trinajstić information content (AvgIpc) is 2.18. The Hall–Kier alpha value is -1.01. The molecule has 0 fully saturated rings. The number of nitrogen functional groups attached to an aromatic ring is 1. The van der Waals surface area contributed by atoms with Gasteiger partial charge in [-0.3, -0.25) is 0 Å². The Kier molecular flexibility index (Phi) is 3.76. The first-order valence-electron chi connectivity index (χ1n) is 4.95. The Morgan fingerprint density at radius 2 is 2.13 bits per heavy atom. The molecule has 0 aromatic heterocycles. The van der Waals surface area contributed by atoms with Crippen molar-refractivity contribution in [2.75, 3.05) is 5.73 Å². The summed E-state index contributed by atoms with van der Waals surface area (Å²) in [4.78, 5) is 0. The van der Waals surface area contributed by atoms with E-state index in [0.717, 1.165) is 27.7 Å². The van der Waals surface area contributed by atoms with E-state index in [1.807, 2.05) is 13.0 Å². The van der Waals surface area contributed by atoms with E-state index in [4.69, 9.17) is 11.0 Å². The van der Waals surface area contributed by atoms with E-state index in [-0.39, 0.29) is 0 Å². The van der Waals surface area contributed by atoms with Crippen LogP contribution in [0.2, 0.25) is 0 Å². The van der Waals surface area contributed by atoms with Gasteiger partial charge in [0.15, 0.2) is 0 Å². The molecule has 15 heavy (non-hydrogen) atoms. The molecule has 0 radical (unpaired) electrons. The van der Waals surface area contributed by atoms with Gasteiger partial charge in [-0.1, -0.05) is 29.8 Å². The number of nitrogens with zero attached hydrogens (tertiary/aromatic N) is 1. The van der Waals surface area contributed by atoms with Gasteiger partial charge >= 0.3 is 0 Å². The van der Waals surface area contributed by atoms with Crippen molar-refractivity contribution >= 4 is 21.6 Å². The highest BCUT2D eigenvalue weighted by Gasteiger charge is 2.13. The van der Waals surface area contributed by atoms with Gasteiger partial charge in [-0.2, -0.15) is 5.26 Å². The number of nitriles is 1. The highest BCUT2D eigenvalue weighted by Crippen LogP contribution is 2.30. The highest BCUT2D eigenvalue weighted by molar-refractivity contribution is 9.10. The summed E-state index contributed by atoms with van der Waals surface area (Å²) in [5, 5.41) is 9.04. The first kappa shape index (κ1) is 12.1. The lowest BCUT2D eigenvalue weighted by Gasteiger charge is -2.14. The van der Waals surface area contributed by atoms with Crippen LogP contribution in [0, 0.1) is 24.2 Å². The van der Waals surface area contributed by atoms with Gasteiger partial charge in [0.1, 0.15) is 0 Å². The largest absolute Gasteiger partial charge is 0.398 e. The topological polar surface area (TPSA) is 49.8 Å². The second kappa shape index (κ2) is 4.67. The molecule has 2 N–H and O–H groups in total. The van der Waals surface area contributed by atoms with Crippen molar-refractivity contribution in [2.24, 2.45) is 5.92 Å². The normalized spacial score (nSPS) is 10.4. The summed E-state index contributed by atoms with van der Waals surface area (Å²) in [5.41, 5.74) is 9.45. The summed E-state index contributed by atoms with van der Waals surface area (Å²) >= 11 is 3.41. The predicted octanol–water partition coefficient (Wildman–Crippen LogP) is 3.41. The van der Waals surface area contributed by atoms with Crippen LogP contribution in [0.4, 0.5) is 5.69 Å². The number of halogens is 1. The Morgan fingerprint density at radius 1 is 1.53 bits per heavy atom. The third kappa shape index (κ3) is 2.51. The minimum atomic E-state index is 0.500. The van der Waals surface area contributed by atoms with Crippen molar-refractivity contribution in [1.82, 2.24) is 0 Å². The molecule has 0 aliphatic carbocycles. The molecule has 0 aliphatic heterocycles. The minimum absolute atomic E-state index is 0.500. The van der Waals surface area contributed by atoms with Crippen LogP contribution in [-0.4, -0.2) is 0 Å². The fourth-order valence-corrected chi connectivity index (χ4v) is 1.99. The minimum Gasteiger partial charge on any atom is -0.398 e. The van der Waals surface area contributed by atoms with Gasteiger partial charge in [-0.05, 0) is 36.5 Å². The summed E-state index contributed by atoms with van der Waals surface area (Å²) < 4.78 is 0.907. The summed E-state index contributed by atoms with van der Waals surface area (Å²) in [6.45, 7) is 6.21. The summed E-state index contributed by atoms with van der Waals surface area (Å²) in [6, 6.07) is 4.05. The van der Waals surface area contributed by atoms with Crippen molar-refractivity contribution < 1.29 is 0 Å². The van der Waals surface area contributed by atoms with Crippen molar-refractivity contribution in [2.45, 2.75) is 27.2 Å². The zero-order chi connectivity index (χ0) is 11.6. The molecule has 1 rings (SSSR count). The van der Waals surface area contributed by atoms with Crippen LogP contribution in [0.1, 0.15) is 30.5 Å². The predicted molar refractivity (Wildman–Crippen MR) is 66.5 cm³/mol. The average molecular weight is 267 g/mol. The lowest BCUT2D eigenvalue weighted by atomic mass is 9.95. The molecule has 2 nitrogen and oxygen atoms in total. The van der Waals surface area contributed by atoms with E-state index in [1.54, 1.807) is 0 Å². The molecule has 0 atom stereocenters. The van der Waals surface area contributed by atoms with Crippen LogP contribution < -0.4 is 5.73 Å². The zero-order valence-electron chi connectivity index (χ0n) is 9.26. The first-order chi connectivity index (χ1) is 6.97. The maximum Gasteiger partial charge on any atom is 0.0995 e. The third-order valence-corrected chi connectivity index (χ3v) is 3.24. The molecule has 0 spiro atoms. The van der Waals surface area contributed by atoms with Crippen LogP contribution in [0.25, 0.3) is 0 Å². The molecule has 0 unspecified atom stereocenters. The lowest BCUT2D eigenvalue weighted by molar-refractivity contribution is 0.647. The standard InChI is InChI=1S/C12H15BrN2/c1-7(2)4-10-9(6-14)5-11(13)8(3)12(10)15/h5,7H,4,15H2,1-3H3. The molecule has 3 heteroatoms. The molecule has 0 saturated carbocycles. The van der Waals surface area contributed by atoms with Crippen molar-refractivity contribution in [3.05, 3.63) is 27.2 Å². The van der Waals surface area contributed by atoms with E-state index in [1.165, 1.54) is 0 Å². The zero-order valence-corrected chi connectivity index (χ0v) is 10.9. The van der Waals surface area contributed by atoms with Crippen LogP contribution in [-0.2, 0) is 6.42 Å². The van der Waals surface area contributed by atoms with Crippen LogP contribution >= 0.6 is 15.9 Å². The third-order valence-electron chi connectivity index (χ3n) is 2.42. The SMILES string of the molecule is Cc1c(Br)cc(C#N)c(CC(C)C)c1N. The summed E-state index contributed by atoms with van der Waals surface area (Å²) in [7, 11) is 0. The van der Waals surface area contributed by atoms with Crippen molar-refractivity contribution in [3.8, 4) is 6.07 Å². The molecule has 1 aromatic carbocycles. The number of nitrogens with two attached hydrogens (primary N) is 1. The maximum atomic E-state index is 9.04. The molecule has 0 heterocycles. The maximum absolute atomic E-state index is 9.04. The van der Waals surface area contributed by atoms with Gasteiger partial charge in [-0.15, -0.1) is 0 Å². The van der Waals surface area contributed by atoms with Gasteiger partial charge in [0, 0.05) is 10.2 Å². The van der Waals surface area contributed by atoms with Gasteiger partial charge in [0.2, 0.25) is 0 Å². The fraction of sp³-hybridized carbons (Fsp3) is 0.417. The van der Waals surface area contributed by atoms with Crippen molar-refractivity contribution in [1.29, 1.82) is 5.26 Å². The number of hydrogen-bond donors (Lipinski definition) is 1. The van der Waals surface area contributed by atoms with Crippen molar-refractivity contribution in [3.63, 3.8) is 0 Å². The van der Waals surface area contributed by atoms with E-state index < -0.39 is 0 Å². The number of hydrogen-bond acceptors (Lipinski definition) is 2. The molecule has 0 amide bonds. The van der Waals surface area contributed by atoms with Gasteiger partial charge in [-0.25, -0.2) is 0 Å². The van der Waals surface area contributed by atoms with E-state index in [9.17, 15) is 0 Å². The van der Waals surface area contributed by atoms with E-state index in [0.29, 0.717) is 11.5 Å². The Morgan fingerprint density at radius 3 is 2.60 bits per heavy atom. The molecule has 0 aliphatic rings. The first-order valence-corrected chi connectivity index (χ1v) is 5.74. The Labute approximate surface area is 99.2 Å². The van der Waals surface area contributed by atoms with Crippen LogP contribution in [0.15, 0.2) is 10.5 Å². The molecular formula is C12H15BrN2. The highest BCUT2D eigenvalue weighted by atomic mass is 79.9. The monoisotopic (exact) mass is 266 g/mol. The van der Waals surface area contributed by atoms with Crippen LogP contribution in [0.3, 0.4) is 0 Å².